The average molecular weight is 270 g/mol. The van der Waals surface area contributed by atoms with Crippen molar-refractivity contribution in [2.45, 2.75) is 6.92 Å². The zero-order valence-corrected chi connectivity index (χ0v) is 10.3. The van der Waals surface area contributed by atoms with Crippen LogP contribution in [0, 0.1) is 6.92 Å². The topological polar surface area (TPSA) is 75.1 Å². The summed E-state index contributed by atoms with van der Waals surface area (Å²) in [5.41, 5.74) is 0.905. The first-order valence-corrected chi connectivity index (χ1v) is 5.90. The number of carboxylic acids is 1. The van der Waals surface area contributed by atoms with Gasteiger partial charge >= 0.3 is 5.97 Å². The molecule has 0 aliphatic rings. The van der Waals surface area contributed by atoms with Gasteiger partial charge in [-0.15, -0.1) is 11.3 Å². The number of nitrogens with zero attached hydrogens (tertiary/aromatic N) is 2. The highest BCUT2D eigenvalue weighted by molar-refractivity contribution is 7.13. The molecule has 0 saturated heterocycles. The Kier molecular flexibility index (Phi) is 3.26. The highest BCUT2D eigenvalue weighted by Gasteiger charge is 2.11. The Labute approximate surface area is 106 Å². The number of rotatable bonds is 3. The Morgan fingerprint density at radius 2 is 2.35 bits per heavy atom. The number of nitrogens with one attached hydrogen (secondary N) is 1. The number of halogens is 1. The van der Waals surface area contributed by atoms with Crippen molar-refractivity contribution in [1.82, 2.24) is 9.97 Å². The van der Waals surface area contributed by atoms with E-state index in [-0.39, 0.29) is 10.6 Å². The summed E-state index contributed by atoms with van der Waals surface area (Å²) >= 11 is 7.13. The number of thiazole rings is 1. The second-order valence-corrected chi connectivity index (χ2v) is 4.54. The molecule has 0 aromatic carbocycles. The third kappa shape index (κ3) is 2.72. The first-order valence-electron chi connectivity index (χ1n) is 4.64. The number of aromatic carboxylic acids is 1. The summed E-state index contributed by atoms with van der Waals surface area (Å²) in [6.45, 7) is 1.87. The molecule has 0 fully saturated rings. The fourth-order valence-electron chi connectivity index (χ4n) is 1.19. The summed E-state index contributed by atoms with van der Waals surface area (Å²) in [6.07, 6.45) is 1.30. The van der Waals surface area contributed by atoms with Crippen LogP contribution in [-0.2, 0) is 0 Å². The van der Waals surface area contributed by atoms with E-state index in [1.54, 1.807) is 0 Å². The largest absolute Gasteiger partial charge is 0.478 e. The predicted octanol–water partition coefficient (Wildman–Crippen LogP) is 2.94. The van der Waals surface area contributed by atoms with E-state index in [4.69, 9.17) is 16.7 Å². The van der Waals surface area contributed by atoms with E-state index in [9.17, 15) is 4.79 Å². The average Bonchev–Trinajstić information content (AvgIpc) is 2.66. The maximum absolute atomic E-state index is 10.9. The second-order valence-electron chi connectivity index (χ2n) is 3.27. The fraction of sp³-hybridized carbons (Fsp3) is 0.100. The van der Waals surface area contributed by atoms with Gasteiger partial charge in [-0.25, -0.2) is 14.8 Å². The van der Waals surface area contributed by atoms with Gasteiger partial charge in [-0.05, 0) is 13.0 Å². The number of hydrogen-bond donors (Lipinski definition) is 2. The highest BCUT2D eigenvalue weighted by Crippen LogP contribution is 2.22. The van der Waals surface area contributed by atoms with Crippen molar-refractivity contribution in [1.29, 1.82) is 0 Å². The van der Waals surface area contributed by atoms with Crippen LogP contribution in [0.15, 0.2) is 17.6 Å². The molecule has 2 aromatic rings. The number of pyridine rings is 1. The standard InChI is InChI=1S/C10H8ClN3O2S/c1-5-4-17-10(13-5)14-8-2-6(9(15)16)7(11)3-12-8/h2-4H,1H3,(H,15,16)(H,12,13,14). The van der Waals surface area contributed by atoms with Gasteiger partial charge in [0.2, 0.25) is 0 Å². The van der Waals surface area contributed by atoms with E-state index in [0.29, 0.717) is 10.9 Å². The van der Waals surface area contributed by atoms with Gasteiger partial charge in [0.1, 0.15) is 5.82 Å². The molecule has 5 nitrogen and oxygen atoms in total. The van der Waals surface area contributed by atoms with E-state index in [0.717, 1.165) is 5.69 Å². The molecule has 0 atom stereocenters. The van der Waals surface area contributed by atoms with Crippen molar-refractivity contribution in [3.8, 4) is 0 Å². The molecular weight excluding hydrogens is 262 g/mol. The van der Waals surface area contributed by atoms with E-state index in [1.165, 1.54) is 23.6 Å². The van der Waals surface area contributed by atoms with Crippen molar-refractivity contribution < 1.29 is 9.90 Å². The lowest BCUT2D eigenvalue weighted by atomic mass is 10.2. The van der Waals surface area contributed by atoms with Gasteiger partial charge in [-0.1, -0.05) is 11.6 Å². The molecule has 0 unspecified atom stereocenters. The van der Waals surface area contributed by atoms with Crippen LogP contribution >= 0.6 is 22.9 Å². The Hall–Kier alpha value is -1.66. The first-order chi connectivity index (χ1) is 8.06. The van der Waals surface area contributed by atoms with Gasteiger partial charge in [-0.3, -0.25) is 0 Å². The molecule has 0 spiro atoms. The molecule has 0 amide bonds. The van der Waals surface area contributed by atoms with Gasteiger partial charge in [-0.2, -0.15) is 0 Å². The Morgan fingerprint density at radius 3 is 2.94 bits per heavy atom. The molecule has 0 bridgehead atoms. The third-order valence-electron chi connectivity index (χ3n) is 1.94. The summed E-state index contributed by atoms with van der Waals surface area (Å²) in [7, 11) is 0. The molecular formula is C10H8ClN3O2S. The van der Waals surface area contributed by atoms with Crippen LogP contribution in [-0.4, -0.2) is 21.0 Å². The lowest BCUT2D eigenvalue weighted by Gasteiger charge is -2.03. The van der Waals surface area contributed by atoms with Crippen LogP contribution in [0.1, 0.15) is 16.1 Å². The number of aromatic nitrogens is 2. The van der Waals surface area contributed by atoms with Gasteiger partial charge in [0.15, 0.2) is 5.13 Å². The van der Waals surface area contributed by atoms with Gasteiger partial charge in [0.25, 0.3) is 0 Å². The number of carboxylic acid groups (broad SMARTS) is 1. The van der Waals surface area contributed by atoms with Crippen LogP contribution in [0.5, 0.6) is 0 Å². The number of carbonyl (C=O) groups is 1. The van der Waals surface area contributed by atoms with Crippen molar-refractivity contribution >= 4 is 39.9 Å². The summed E-state index contributed by atoms with van der Waals surface area (Å²) in [5.74, 6) is -0.683. The Bertz CT molecular complexity index is 570. The van der Waals surface area contributed by atoms with Crippen LogP contribution in [0.25, 0.3) is 0 Å². The van der Waals surface area contributed by atoms with Crippen molar-refractivity contribution in [2.24, 2.45) is 0 Å². The maximum atomic E-state index is 10.9. The summed E-state index contributed by atoms with van der Waals surface area (Å²) in [5, 5.41) is 14.5. The smallest absolute Gasteiger partial charge is 0.337 e. The molecule has 7 heteroatoms. The second kappa shape index (κ2) is 4.68. The van der Waals surface area contributed by atoms with Crippen molar-refractivity contribution in [2.75, 3.05) is 5.32 Å². The molecule has 2 heterocycles. The monoisotopic (exact) mass is 269 g/mol. The number of aryl methyl sites for hydroxylation is 1. The van der Waals surface area contributed by atoms with E-state index in [1.807, 2.05) is 12.3 Å². The van der Waals surface area contributed by atoms with Crippen LogP contribution in [0.2, 0.25) is 5.02 Å². The van der Waals surface area contributed by atoms with Crippen LogP contribution in [0.4, 0.5) is 10.9 Å². The van der Waals surface area contributed by atoms with Gasteiger partial charge in [0, 0.05) is 11.6 Å². The summed E-state index contributed by atoms with van der Waals surface area (Å²) in [6, 6.07) is 1.38. The normalized spacial score (nSPS) is 10.2. The lowest BCUT2D eigenvalue weighted by molar-refractivity contribution is 0.0697. The minimum atomic E-state index is -1.09. The molecule has 88 valence electrons. The first kappa shape index (κ1) is 11.8. The molecule has 0 saturated carbocycles. The van der Waals surface area contributed by atoms with E-state index in [2.05, 4.69) is 15.3 Å². The number of hydrogen-bond acceptors (Lipinski definition) is 5. The van der Waals surface area contributed by atoms with E-state index >= 15 is 0 Å². The zero-order chi connectivity index (χ0) is 12.4. The van der Waals surface area contributed by atoms with Gasteiger partial charge in [0.05, 0.1) is 16.3 Å². The summed E-state index contributed by atoms with van der Waals surface area (Å²) in [4.78, 5) is 19.1. The molecule has 17 heavy (non-hydrogen) atoms. The predicted molar refractivity (Wildman–Crippen MR) is 66.3 cm³/mol. The lowest BCUT2D eigenvalue weighted by Crippen LogP contribution is -2.01. The third-order valence-corrected chi connectivity index (χ3v) is 3.12. The quantitative estimate of drug-likeness (QED) is 0.896. The minimum Gasteiger partial charge on any atom is -0.478 e. The zero-order valence-electron chi connectivity index (χ0n) is 8.77. The van der Waals surface area contributed by atoms with Gasteiger partial charge < -0.3 is 10.4 Å². The molecule has 0 aliphatic carbocycles. The number of anilines is 2. The van der Waals surface area contributed by atoms with Crippen molar-refractivity contribution in [3.63, 3.8) is 0 Å². The minimum absolute atomic E-state index is 0.0115. The Morgan fingerprint density at radius 1 is 1.59 bits per heavy atom. The molecule has 2 rings (SSSR count). The Balaban J connectivity index is 2.28. The molecule has 2 N–H and O–H groups in total. The van der Waals surface area contributed by atoms with Crippen LogP contribution < -0.4 is 5.32 Å². The molecule has 2 aromatic heterocycles. The maximum Gasteiger partial charge on any atom is 0.337 e. The fourth-order valence-corrected chi connectivity index (χ4v) is 2.07. The summed E-state index contributed by atoms with van der Waals surface area (Å²) < 4.78 is 0. The van der Waals surface area contributed by atoms with Crippen molar-refractivity contribution in [3.05, 3.63) is 33.9 Å². The molecule has 0 aliphatic heterocycles. The SMILES string of the molecule is Cc1csc(Nc2cc(C(=O)O)c(Cl)cn2)n1. The van der Waals surface area contributed by atoms with E-state index < -0.39 is 5.97 Å². The van der Waals surface area contributed by atoms with Crippen LogP contribution in [0.3, 0.4) is 0 Å². The highest BCUT2D eigenvalue weighted by atomic mass is 35.5. The molecule has 0 radical (unpaired) electrons.